The van der Waals surface area contributed by atoms with E-state index in [9.17, 15) is 9.59 Å². The van der Waals surface area contributed by atoms with Crippen LogP contribution in [-0.2, 0) is 0 Å². The SMILES string of the molecule is COc1ccc(Br)cc1C(=O)NC(=S)Nc1ccc(NC(=O)c2cccc(Cl)c2)cc1. The number of benzene rings is 3. The zero-order chi connectivity index (χ0) is 22.4. The molecule has 3 aromatic rings. The van der Waals surface area contributed by atoms with Crippen LogP contribution in [0.5, 0.6) is 5.75 Å². The molecule has 31 heavy (non-hydrogen) atoms. The lowest BCUT2D eigenvalue weighted by atomic mass is 10.2. The first kappa shape index (κ1) is 22.7. The molecule has 0 aliphatic carbocycles. The zero-order valence-corrected chi connectivity index (χ0v) is 19.4. The summed E-state index contributed by atoms with van der Waals surface area (Å²) in [6, 6.07) is 18.7. The molecule has 9 heteroatoms. The summed E-state index contributed by atoms with van der Waals surface area (Å²) >= 11 is 14.5. The number of carbonyl (C=O) groups is 2. The molecule has 3 N–H and O–H groups in total. The van der Waals surface area contributed by atoms with E-state index in [4.69, 9.17) is 28.6 Å². The number of carbonyl (C=O) groups excluding carboxylic acids is 2. The molecule has 0 saturated carbocycles. The molecule has 0 saturated heterocycles. The second-order valence-electron chi connectivity index (χ2n) is 6.29. The largest absolute Gasteiger partial charge is 0.496 e. The standard InChI is InChI=1S/C22H17BrClN3O3S/c1-30-19-10-5-14(23)12-18(19)21(29)27-22(31)26-17-8-6-16(7-9-17)25-20(28)13-3-2-4-15(24)11-13/h2-12H,1H3,(H,25,28)(H2,26,27,29,31). The van der Waals surface area contributed by atoms with E-state index in [1.807, 2.05) is 0 Å². The average molecular weight is 519 g/mol. The summed E-state index contributed by atoms with van der Waals surface area (Å²) < 4.78 is 5.96. The number of nitrogens with one attached hydrogen (secondary N) is 3. The Morgan fingerprint density at radius 1 is 0.935 bits per heavy atom. The van der Waals surface area contributed by atoms with Gasteiger partial charge in [-0.2, -0.15) is 0 Å². The van der Waals surface area contributed by atoms with Gasteiger partial charge >= 0.3 is 0 Å². The third-order valence-corrected chi connectivity index (χ3v) is 5.05. The highest BCUT2D eigenvalue weighted by Crippen LogP contribution is 2.23. The van der Waals surface area contributed by atoms with Gasteiger partial charge in [-0.05, 0) is 72.9 Å². The van der Waals surface area contributed by atoms with Gasteiger partial charge in [0.15, 0.2) is 5.11 Å². The van der Waals surface area contributed by atoms with E-state index >= 15 is 0 Å². The molecule has 0 spiro atoms. The molecule has 6 nitrogen and oxygen atoms in total. The Bertz CT molecular complexity index is 1140. The first-order valence-electron chi connectivity index (χ1n) is 8.98. The topological polar surface area (TPSA) is 79.5 Å². The summed E-state index contributed by atoms with van der Waals surface area (Å²) in [7, 11) is 1.49. The van der Waals surface area contributed by atoms with Crippen LogP contribution in [0.4, 0.5) is 11.4 Å². The van der Waals surface area contributed by atoms with Gasteiger partial charge in [0.2, 0.25) is 0 Å². The van der Waals surface area contributed by atoms with Crippen molar-refractivity contribution in [3.8, 4) is 5.75 Å². The van der Waals surface area contributed by atoms with Gasteiger partial charge in [-0.3, -0.25) is 14.9 Å². The maximum absolute atomic E-state index is 12.5. The minimum Gasteiger partial charge on any atom is -0.496 e. The van der Waals surface area contributed by atoms with Crippen molar-refractivity contribution < 1.29 is 14.3 Å². The van der Waals surface area contributed by atoms with E-state index in [0.717, 1.165) is 4.47 Å². The van der Waals surface area contributed by atoms with Crippen molar-refractivity contribution >= 4 is 68.1 Å². The number of ether oxygens (including phenoxy) is 1. The summed E-state index contributed by atoms with van der Waals surface area (Å²) in [6.45, 7) is 0. The Balaban J connectivity index is 1.59. The molecule has 0 bridgehead atoms. The van der Waals surface area contributed by atoms with Gasteiger partial charge in [-0.1, -0.05) is 33.6 Å². The third-order valence-electron chi connectivity index (χ3n) is 4.12. The molecule has 0 fully saturated rings. The lowest BCUT2D eigenvalue weighted by Crippen LogP contribution is -2.34. The molecule has 0 heterocycles. The molecular weight excluding hydrogens is 502 g/mol. The van der Waals surface area contributed by atoms with E-state index in [0.29, 0.717) is 33.3 Å². The number of thiocarbonyl (C=S) groups is 1. The number of anilines is 2. The van der Waals surface area contributed by atoms with Crippen LogP contribution in [0, 0.1) is 0 Å². The number of hydrogen-bond donors (Lipinski definition) is 3. The van der Waals surface area contributed by atoms with E-state index in [1.165, 1.54) is 7.11 Å². The Hall–Kier alpha value is -2.94. The summed E-state index contributed by atoms with van der Waals surface area (Å²) in [6.07, 6.45) is 0. The van der Waals surface area contributed by atoms with Crippen LogP contribution in [0.1, 0.15) is 20.7 Å². The predicted molar refractivity (Wildman–Crippen MR) is 130 cm³/mol. The normalized spacial score (nSPS) is 10.2. The van der Waals surface area contributed by atoms with Gasteiger partial charge in [0.25, 0.3) is 11.8 Å². The van der Waals surface area contributed by atoms with E-state index < -0.39 is 5.91 Å². The fraction of sp³-hybridized carbons (Fsp3) is 0.0455. The van der Waals surface area contributed by atoms with Crippen molar-refractivity contribution in [3.63, 3.8) is 0 Å². The van der Waals surface area contributed by atoms with Crippen LogP contribution < -0.4 is 20.7 Å². The molecule has 0 unspecified atom stereocenters. The van der Waals surface area contributed by atoms with Crippen molar-refractivity contribution in [3.05, 3.63) is 87.4 Å². The highest BCUT2D eigenvalue weighted by Gasteiger charge is 2.14. The van der Waals surface area contributed by atoms with Crippen molar-refractivity contribution in [2.75, 3.05) is 17.7 Å². The minimum absolute atomic E-state index is 0.128. The summed E-state index contributed by atoms with van der Waals surface area (Å²) in [5.41, 5.74) is 2.05. The van der Waals surface area contributed by atoms with Gasteiger partial charge in [-0.15, -0.1) is 0 Å². The maximum Gasteiger partial charge on any atom is 0.261 e. The quantitative estimate of drug-likeness (QED) is 0.389. The number of amides is 2. The van der Waals surface area contributed by atoms with Gasteiger partial charge in [-0.25, -0.2) is 0 Å². The lowest BCUT2D eigenvalue weighted by Gasteiger charge is -2.12. The highest BCUT2D eigenvalue weighted by molar-refractivity contribution is 9.10. The number of methoxy groups -OCH3 is 1. The van der Waals surface area contributed by atoms with Crippen LogP contribution in [0.25, 0.3) is 0 Å². The van der Waals surface area contributed by atoms with Crippen LogP contribution in [0.2, 0.25) is 5.02 Å². The smallest absolute Gasteiger partial charge is 0.261 e. The van der Waals surface area contributed by atoms with Crippen LogP contribution >= 0.6 is 39.7 Å². The van der Waals surface area contributed by atoms with E-state index in [1.54, 1.807) is 66.7 Å². The zero-order valence-electron chi connectivity index (χ0n) is 16.2. The van der Waals surface area contributed by atoms with Crippen LogP contribution in [-0.4, -0.2) is 24.0 Å². The molecular formula is C22H17BrClN3O3S. The van der Waals surface area contributed by atoms with E-state index in [2.05, 4.69) is 31.9 Å². The van der Waals surface area contributed by atoms with Crippen molar-refractivity contribution in [2.45, 2.75) is 0 Å². The van der Waals surface area contributed by atoms with Crippen molar-refractivity contribution in [1.82, 2.24) is 5.32 Å². The molecule has 158 valence electrons. The second kappa shape index (κ2) is 10.4. The van der Waals surface area contributed by atoms with Gasteiger partial charge in [0, 0.05) is 26.4 Å². The van der Waals surface area contributed by atoms with Gasteiger partial charge < -0.3 is 15.4 Å². The molecule has 0 aliphatic heterocycles. The third kappa shape index (κ3) is 6.27. The number of rotatable bonds is 5. The molecule has 0 aliphatic rings. The van der Waals surface area contributed by atoms with Gasteiger partial charge in [0.05, 0.1) is 12.7 Å². The molecule has 0 atom stereocenters. The Labute approximate surface area is 198 Å². The number of hydrogen-bond acceptors (Lipinski definition) is 4. The van der Waals surface area contributed by atoms with E-state index in [-0.39, 0.29) is 11.0 Å². The van der Waals surface area contributed by atoms with Crippen molar-refractivity contribution in [1.29, 1.82) is 0 Å². The molecule has 3 aromatic carbocycles. The van der Waals surface area contributed by atoms with Crippen LogP contribution in [0.15, 0.2) is 71.2 Å². The minimum atomic E-state index is -0.402. The first-order valence-corrected chi connectivity index (χ1v) is 10.6. The molecule has 0 radical (unpaired) electrons. The molecule has 2 amide bonds. The van der Waals surface area contributed by atoms with Crippen LogP contribution in [0.3, 0.4) is 0 Å². The highest BCUT2D eigenvalue weighted by atomic mass is 79.9. The number of halogens is 2. The monoisotopic (exact) mass is 517 g/mol. The van der Waals surface area contributed by atoms with Crippen molar-refractivity contribution in [2.24, 2.45) is 0 Å². The molecule has 0 aromatic heterocycles. The summed E-state index contributed by atoms with van der Waals surface area (Å²) in [5, 5.41) is 8.96. The first-order chi connectivity index (χ1) is 14.9. The Morgan fingerprint density at radius 2 is 1.61 bits per heavy atom. The Kier molecular flexibility index (Phi) is 7.62. The summed E-state index contributed by atoms with van der Waals surface area (Å²) in [4.78, 5) is 24.8. The average Bonchev–Trinajstić information content (AvgIpc) is 2.75. The lowest BCUT2D eigenvalue weighted by molar-refractivity contribution is 0.0973. The summed E-state index contributed by atoms with van der Waals surface area (Å²) in [5.74, 6) is -0.238. The fourth-order valence-corrected chi connectivity index (χ4v) is 3.42. The Morgan fingerprint density at radius 3 is 2.26 bits per heavy atom. The maximum atomic E-state index is 12.5. The molecule has 3 rings (SSSR count). The predicted octanol–water partition coefficient (Wildman–Crippen LogP) is 5.49. The van der Waals surface area contributed by atoms with Gasteiger partial charge in [0.1, 0.15) is 5.75 Å². The second-order valence-corrected chi connectivity index (χ2v) is 8.06. The fourth-order valence-electron chi connectivity index (χ4n) is 2.66.